The maximum atomic E-state index is 4.05. The van der Waals surface area contributed by atoms with E-state index in [-0.39, 0.29) is 24.0 Å². The lowest BCUT2D eigenvalue weighted by Gasteiger charge is -2.03. The van der Waals surface area contributed by atoms with Gasteiger partial charge in [-0.2, -0.15) is 0 Å². The average molecular weight is 389 g/mol. The standard InChI is InChI=1S/C18H31N.HI/c1-2-3-4-5-6-7-8-9-10-11-12-13-18-14-16-19-17-15-18;/h14-17H,2-13H2,1H3;1H. The van der Waals surface area contributed by atoms with Crippen molar-refractivity contribution in [1.29, 1.82) is 0 Å². The molecule has 1 nitrogen and oxygen atoms in total. The van der Waals surface area contributed by atoms with E-state index in [0.29, 0.717) is 0 Å². The fraction of sp³-hybridized carbons (Fsp3) is 0.722. The molecule has 0 aliphatic carbocycles. The minimum absolute atomic E-state index is 0. The molecule has 0 radical (unpaired) electrons. The van der Waals surface area contributed by atoms with E-state index in [9.17, 15) is 0 Å². The molecule has 0 bridgehead atoms. The van der Waals surface area contributed by atoms with E-state index in [2.05, 4.69) is 24.0 Å². The van der Waals surface area contributed by atoms with E-state index < -0.39 is 0 Å². The molecule has 1 rings (SSSR count). The van der Waals surface area contributed by atoms with Crippen molar-refractivity contribution in [2.45, 2.75) is 84.0 Å². The number of aromatic nitrogens is 1. The molecule has 0 atom stereocenters. The summed E-state index contributed by atoms with van der Waals surface area (Å²) in [5.41, 5.74) is 1.44. The molecular weight excluding hydrogens is 357 g/mol. The number of pyridine rings is 1. The maximum Gasteiger partial charge on any atom is 0.0270 e. The molecule has 0 aromatic carbocycles. The second kappa shape index (κ2) is 15.3. The third-order valence-electron chi connectivity index (χ3n) is 3.82. The highest BCUT2D eigenvalue weighted by atomic mass is 127. The van der Waals surface area contributed by atoms with Gasteiger partial charge in [-0.25, -0.2) is 0 Å². The van der Waals surface area contributed by atoms with Crippen LogP contribution in [-0.2, 0) is 6.42 Å². The van der Waals surface area contributed by atoms with E-state index in [4.69, 9.17) is 0 Å². The lowest BCUT2D eigenvalue weighted by molar-refractivity contribution is 0.549. The minimum atomic E-state index is 0. The van der Waals surface area contributed by atoms with Crippen LogP contribution >= 0.6 is 24.0 Å². The summed E-state index contributed by atoms with van der Waals surface area (Å²) in [5, 5.41) is 0. The Bertz CT molecular complexity index is 287. The van der Waals surface area contributed by atoms with Crippen LogP contribution in [0.5, 0.6) is 0 Å². The zero-order chi connectivity index (χ0) is 13.6. The van der Waals surface area contributed by atoms with Crippen LogP contribution in [0.15, 0.2) is 24.5 Å². The number of aryl methyl sites for hydroxylation is 1. The Morgan fingerprint density at radius 2 is 1.15 bits per heavy atom. The number of hydrogen-bond acceptors (Lipinski definition) is 1. The number of nitrogens with zero attached hydrogens (tertiary/aromatic N) is 1. The molecule has 2 heteroatoms. The van der Waals surface area contributed by atoms with Crippen LogP contribution in [0.3, 0.4) is 0 Å². The van der Waals surface area contributed by atoms with E-state index in [1.165, 1.54) is 82.6 Å². The van der Waals surface area contributed by atoms with Crippen molar-refractivity contribution in [1.82, 2.24) is 4.98 Å². The predicted octanol–water partition coefficient (Wildman–Crippen LogP) is 6.55. The summed E-state index contributed by atoms with van der Waals surface area (Å²) in [7, 11) is 0. The van der Waals surface area contributed by atoms with Crippen molar-refractivity contribution in [3.63, 3.8) is 0 Å². The molecule has 0 unspecified atom stereocenters. The monoisotopic (exact) mass is 389 g/mol. The molecule has 0 amide bonds. The first-order chi connectivity index (χ1) is 9.43. The van der Waals surface area contributed by atoms with Gasteiger partial charge >= 0.3 is 0 Å². The fourth-order valence-electron chi connectivity index (χ4n) is 2.54. The van der Waals surface area contributed by atoms with Crippen LogP contribution in [-0.4, -0.2) is 4.98 Å². The lowest BCUT2D eigenvalue weighted by atomic mass is 10.0. The summed E-state index contributed by atoms with van der Waals surface area (Å²) in [6.45, 7) is 2.28. The molecular formula is C18H32IN. The van der Waals surface area contributed by atoms with Gasteiger partial charge in [-0.1, -0.05) is 71.1 Å². The quantitative estimate of drug-likeness (QED) is 0.292. The number of halogens is 1. The highest BCUT2D eigenvalue weighted by molar-refractivity contribution is 14.0. The lowest BCUT2D eigenvalue weighted by Crippen LogP contribution is -1.86. The van der Waals surface area contributed by atoms with Crippen molar-refractivity contribution in [3.05, 3.63) is 30.1 Å². The van der Waals surface area contributed by atoms with Gasteiger partial charge in [0.15, 0.2) is 0 Å². The molecule has 116 valence electrons. The van der Waals surface area contributed by atoms with Gasteiger partial charge in [-0.05, 0) is 30.5 Å². The molecule has 0 spiro atoms. The molecule has 0 saturated carbocycles. The van der Waals surface area contributed by atoms with Crippen LogP contribution < -0.4 is 0 Å². The molecule has 1 aromatic rings. The number of unbranched alkanes of at least 4 members (excludes halogenated alkanes) is 10. The topological polar surface area (TPSA) is 12.9 Å². The highest BCUT2D eigenvalue weighted by Gasteiger charge is 1.94. The van der Waals surface area contributed by atoms with Crippen molar-refractivity contribution < 1.29 is 0 Å². The van der Waals surface area contributed by atoms with Crippen molar-refractivity contribution in [3.8, 4) is 0 Å². The van der Waals surface area contributed by atoms with Gasteiger partial charge < -0.3 is 0 Å². The normalized spacial score (nSPS) is 10.2. The molecule has 1 heterocycles. The van der Waals surface area contributed by atoms with Crippen LogP contribution in [0, 0.1) is 0 Å². The Kier molecular flexibility index (Phi) is 15.2. The van der Waals surface area contributed by atoms with Crippen molar-refractivity contribution in [2.75, 3.05) is 0 Å². The Morgan fingerprint density at radius 1 is 0.700 bits per heavy atom. The Labute approximate surface area is 143 Å². The van der Waals surface area contributed by atoms with E-state index in [0.717, 1.165) is 0 Å². The third kappa shape index (κ3) is 11.7. The Hall–Kier alpha value is -0.120. The Morgan fingerprint density at radius 3 is 1.65 bits per heavy atom. The van der Waals surface area contributed by atoms with Gasteiger partial charge in [0.05, 0.1) is 0 Å². The molecule has 20 heavy (non-hydrogen) atoms. The molecule has 1 aromatic heterocycles. The fourth-order valence-corrected chi connectivity index (χ4v) is 2.54. The molecule has 0 fully saturated rings. The van der Waals surface area contributed by atoms with Gasteiger partial charge in [0.2, 0.25) is 0 Å². The van der Waals surface area contributed by atoms with Gasteiger partial charge in [-0.15, -0.1) is 24.0 Å². The van der Waals surface area contributed by atoms with Crippen LogP contribution in [0.2, 0.25) is 0 Å². The van der Waals surface area contributed by atoms with Crippen molar-refractivity contribution in [2.24, 2.45) is 0 Å². The molecule has 0 aliphatic rings. The van der Waals surface area contributed by atoms with Crippen LogP contribution in [0.25, 0.3) is 0 Å². The SMILES string of the molecule is CCCCCCCCCCCCCc1ccncc1.I. The first kappa shape index (κ1) is 19.9. The summed E-state index contributed by atoms with van der Waals surface area (Å²) in [6, 6.07) is 4.27. The van der Waals surface area contributed by atoms with Gasteiger partial charge in [0, 0.05) is 12.4 Å². The number of hydrogen-bond donors (Lipinski definition) is 0. The zero-order valence-electron chi connectivity index (χ0n) is 13.2. The largest absolute Gasteiger partial charge is 0.265 e. The Balaban J connectivity index is 0.00000361. The third-order valence-corrected chi connectivity index (χ3v) is 3.82. The van der Waals surface area contributed by atoms with E-state index in [1.54, 1.807) is 0 Å². The second-order valence-corrected chi connectivity index (χ2v) is 5.64. The predicted molar refractivity (Wildman–Crippen MR) is 99.8 cm³/mol. The summed E-state index contributed by atoms with van der Waals surface area (Å²) in [6.07, 6.45) is 20.6. The summed E-state index contributed by atoms with van der Waals surface area (Å²) >= 11 is 0. The molecule has 0 aliphatic heterocycles. The maximum absolute atomic E-state index is 4.05. The smallest absolute Gasteiger partial charge is 0.0270 e. The average Bonchev–Trinajstić information content (AvgIpc) is 2.46. The van der Waals surface area contributed by atoms with E-state index >= 15 is 0 Å². The summed E-state index contributed by atoms with van der Waals surface area (Å²) in [4.78, 5) is 4.05. The molecule has 0 saturated heterocycles. The minimum Gasteiger partial charge on any atom is -0.265 e. The summed E-state index contributed by atoms with van der Waals surface area (Å²) in [5.74, 6) is 0. The van der Waals surface area contributed by atoms with Gasteiger partial charge in [0.25, 0.3) is 0 Å². The first-order valence-corrected chi connectivity index (χ1v) is 8.32. The van der Waals surface area contributed by atoms with E-state index in [1.807, 2.05) is 12.4 Å². The number of rotatable bonds is 12. The highest BCUT2D eigenvalue weighted by Crippen LogP contribution is 2.12. The van der Waals surface area contributed by atoms with Crippen LogP contribution in [0.4, 0.5) is 0 Å². The first-order valence-electron chi connectivity index (χ1n) is 8.32. The van der Waals surface area contributed by atoms with Gasteiger partial charge in [0.1, 0.15) is 0 Å². The van der Waals surface area contributed by atoms with Gasteiger partial charge in [-0.3, -0.25) is 4.98 Å². The zero-order valence-corrected chi connectivity index (χ0v) is 15.5. The van der Waals surface area contributed by atoms with Crippen LogP contribution in [0.1, 0.15) is 83.1 Å². The van der Waals surface area contributed by atoms with Crippen molar-refractivity contribution >= 4 is 24.0 Å². The summed E-state index contributed by atoms with van der Waals surface area (Å²) < 4.78 is 0. The second-order valence-electron chi connectivity index (χ2n) is 5.64. The molecule has 0 N–H and O–H groups in total.